The molecule has 5 N–H and O–H groups in total. The number of nitriles is 2. The number of carbonyl (C=O) groups is 3. The summed E-state index contributed by atoms with van der Waals surface area (Å²) in [5.74, 6) is 0.402. The van der Waals surface area contributed by atoms with Crippen molar-refractivity contribution in [1.29, 1.82) is 10.5 Å². The molecule has 0 radical (unpaired) electrons. The van der Waals surface area contributed by atoms with Gasteiger partial charge in [-0.1, -0.05) is 12.1 Å². The molecular weight excluding hydrogens is 697 g/mol. The first kappa shape index (κ1) is 37.3. The second kappa shape index (κ2) is 15.7. The maximum atomic E-state index is 13.6. The van der Waals surface area contributed by atoms with E-state index in [1.165, 1.54) is 10.9 Å². The number of rotatable bonds is 10. The van der Waals surface area contributed by atoms with E-state index in [1.54, 1.807) is 25.3 Å². The molecule has 3 aromatic heterocycles. The van der Waals surface area contributed by atoms with Crippen molar-refractivity contribution in [2.45, 2.75) is 76.3 Å². The van der Waals surface area contributed by atoms with E-state index >= 15 is 0 Å². The van der Waals surface area contributed by atoms with Gasteiger partial charge in [0.15, 0.2) is 11.5 Å². The topological polar surface area (TPSA) is 211 Å². The summed E-state index contributed by atoms with van der Waals surface area (Å²) in [4.78, 5) is 51.6. The molecule has 0 unspecified atom stereocenters. The molecule has 15 nitrogen and oxygen atoms in total. The summed E-state index contributed by atoms with van der Waals surface area (Å²) < 4.78 is 1.49. The summed E-state index contributed by atoms with van der Waals surface area (Å²) in [7, 11) is 0. The van der Waals surface area contributed by atoms with Gasteiger partial charge in [-0.05, 0) is 88.6 Å². The molecule has 0 bridgehead atoms. The first-order valence-electron chi connectivity index (χ1n) is 19.0. The third kappa shape index (κ3) is 7.93. The molecule has 2 aliphatic heterocycles. The van der Waals surface area contributed by atoms with Crippen molar-refractivity contribution in [3.63, 3.8) is 0 Å². The number of piperidine rings is 1. The Hall–Kier alpha value is -6.06. The van der Waals surface area contributed by atoms with Crippen molar-refractivity contribution >= 4 is 45.9 Å². The minimum Gasteiger partial charge on any atom is -0.383 e. The van der Waals surface area contributed by atoms with Crippen LogP contribution in [0, 0.1) is 28.6 Å². The number of nitrogens with zero attached hydrogens (tertiary/aromatic N) is 8. The van der Waals surface area contributed by atoms with Crippen molar-refractivity contribution in [1.82, 2.24) is 35.3 Å². The number of hydrogen-bond donors (Lipinski definition) is 4. The van der Waals surface area contributed by atoms with Gasteiger partial charge in [0.25, 0.3) is 5.91 Å². The molecule has 3 fully saturated rings. The Morgan fingerprint density at radius 2 is 1.82 bits per heavy atom. The van der Waals surface area contributed by atoms with Gasteiger partial charge >= 0.3 is 0 Å². The van der Waals surface area contributed by atoms with Crippen LogP contribution >= 0.6 is 0 Å². The fourth-order valence-corrected chi connectivity index (χ4v) is 7.93. The number of pyridine rings is 2. The molecule has 2 saturated heterocycles. The first-order valence-corrected chi connectivity index (χ1v) is 19.0. The fourth-order valence-electron chi connectivity index (χ4n) is 7.93. The smallest absolute Gasteiger partial charge is 0.255 e. The Morgan fingerprint density at radius 3 is 2.51 bits per heavy atom. The van der Waals surface area contributed by atoms with E-state index in [0.29, 0.717) is 46.9 Å². The molecule has 284 valence electrons. The standard InChI is InChI=1S/C40H46N12O3/c1-25(21-41)46-33-20-34(52-37-28(23-45-52)19-27(22-42)36(43)49-37)44-24-32(33)38(54)47-30-7-3-26(4-8-30)12-14-50-15-17-51(18-16-50)31-9-5-29(6-10-31)40(2)13-11-35(53)48-39(40)55/h5-6,9-10,19-20,23-26,30H,3-4,7-8,11-18H2,1-2H3,(H2,43,49)(H,44,46)(H,47,54)(H,48,53,55)/t25-,26?,30?,40-/m1/s1. The number of anilines is 3. The van der Waals surface area contributed by atoms with Crippen LogP contribution in [0.25, 0.3) is 16.9 Å². The molecular formula is C40H46N12O3. The molecule has 1 saturated carbocycles. The highest BCUT2D eigenvalue weighted by Crippen LogP contribution is 2.34. The third-order valence-electron chi connectivity index (χ3n) is 11.5. The van der Waals surface area contributed by atoms with Gasteiger partial charge in [-0.25, -0.2) is 9.97 Å². The SMILES string of the molecule is C[C@H](C#N)Nc1cc(-n2ncc3cc(C#N)c(N)nc32)ncc1C(=O)NC1CCC(CCN2CCN(c3ccc([C@@]4(C)CCC(=O)NC4=O)cc3)CC2)CC1. The van der Waals surface area contributed by atoms with Gasteiger partial charge in [-0.2, -0.15) is 20.3 Å². The van der Waals surface area contributed by atoms with Gasteiger partial charge in [-0.15, -0.1) is 0 Å². The molecule has 15 heteroatoms. The molecule has 0 spiro atoms. The summed E-state index contributed by atoms with van der Waals surface area (Å²) in [6, 6.07) is 15.2. The molecule has 5 heterocycles. The first-order chi connectivity index (χ1) is 26.5. The van der Waals surface area contributed by atoms with Gasteiger partial charge < -0.3 is 21.3 Å². The van der Waals surface area contributed by atoms with E-state index < -0.39 is 11.5 Å². The number of carbonyl (C=O) groups excluding carboxylic acids is 3. The Balaban J connectivity index is 0.890. The van der Waals surface area contributed by atoms with E-state index in [1.807, 2.05) is 25.1 Å². The minimum absolute atomic E-state index is 0.0498. The molecule has 7 rings (SSSR count). The number of aromatic nitrogens is 4. The lowest BCUT2D eigenvalue weighted by atomic mass is 9.75. The number of benzene rings is 1. The van der Waals surface area contributed by atoms with Crippen LogP contribution in [0.15, 0.2) is 48.8 Å². The predicted molar refractivity (Wildman–Crippen MR) is 207 cm³/mol. The fraction of sp³-hybridized carbons (Fsp3) is 0.450. The molecule has 1 aliphatic carbocycles. The lowest BCUT2D eigenvalue weighted by Crippen LogP contribution is -2.49. The van der Waals surface area contributed by atoms with E-state index in [4.69, 9.17) is 5.73 Å². The highest BCUT2D eigenvalue weighted by molar-refractivity contribution is 6.03. The minimum atomic E-state index is -0.683. The van der Waals surface area contributed by atoms with E-state index in [9.17, 15) is 24.9 Å². The Bertz CT molecular complexity index is 2170. The van der Waals surface area contributed by atoms with Gasteiger partial charge in [-0.3, -0.25) is 24.6 Å². The van der Waals surface area contributed by atoms with Crippen molar-refractivity contribution < 1.29 is 14.4 Å². The number of imide groups is 1. The highest BCUT2D eigenvalue weighted by Gasteiger charge is 2.40. The number of fused-ring (bicyclic) bond motifs is 1. The Morgan fingerprint density at radius 1 is 1.07 bits per heavy atom. The van der Waals surface area contributed by atoms with Crippen LogP contribution in [0.3, 0.4) is 0 Å². The van der Waals surface area contributed by atoms with Crippen LogP contribution in [0.2, 0.25) is 0 Å². The van der Waals surface area contributed by atoms with Crippen LogP contribution < -0.4 is 26.6 Å². The Kier molecular flexibility index (Phi) is 10.7. The predicted octanol–water partition coefficient (Wildman–Crippen LogP) is 3.79. The summed E-state index contributed by atoms with van der Waals surface area (Å²) in [6.07, 6.45) is 8.96. The van der Waals surface area contributed by atoms with E-state index in [0.717, 1.165) is 76.1 Å². The van der Waals surface area contributed by atoms with Gasteiger partial charge in [0.2, 0.25) is 11.8 Å². The quantitative estimate of drug-likeness (QED) is 0.171. The number of piperazine rings is 1. The summed E-state index contributed by atoms with van der Waals surface area (Å²) in [5, 5.41) is 32.7. The highest BCUT2D eigenvalue weighted by atomic mass is 16.2. The van der Waals surface area contributed by atoms with Gasteiger partial charge in [0, 0.05) is 62.0 Å². The van der Waals surface area contributed by atoms with Crippen LogP contribution in [-0.4, -0.2) is 87.2 Å². The van der Waals surface area contributed by atoms with Gasteiger partial charge in [0.1, 0.15) is 17.9 Å². The average molecular weight is 743 g/mol. The number of nitrogen functional groups attached to an aromatic ring is 1. The lowest BCUT2D eigenvalue weighted by molar-refractivity contribution is -0.137. The van der Waals surface area contributed by atoms with Crippen molar-refractivity contribution in [2.24, 2.45) is 5.92 Å². The number of nitrogens with one attached hydrogen (secondary N) is 3. The zero-order chi connectivity index (χ0) is 38.7. The molecule has 3 amide bonds. The van der Waals surface area contributed by atoms with Crippen LogP contribution in [0.5, 0.6) is 0 Å². The molecule has 55 heavy (non-hydrogen) atoms. The van der Waals surface area contributed by atoms with Crippen molar-refractivity contribution in [3.8, 4) is 18.0 Å². The van der Waals surface area contributed by atoms with Gasteiger partial charge in [0.05, 0.1) is 34.5 Å². The number of nitrogens with two attached hydrogens (primary N) is 1. The summed E-state index contributed by atoms with van der Waals surface area (Å²) in [5.41, 5.74) is 8.84. The van der Waals surface area contributed by atoms with Crippen molar-refractivity contribution in [3.05, 3.63) is 65.5 Å². The Labute approximate surface area is 319 Å². The maximum Gasteiger partial charge on any atom is 0.255 e. The van der Waals surface area contributed by atoms with Crippen molar-refractivity contribution in [2.75, 3.05) is 48.7 Å². The summed E-state index contributed by atoms with van der Waals surface area (Å²) in [6.45, 7) is 8.54. The van der Waals surface area contributed by atoms with Crippen LogP contribution in [0.1, 0.15) is 80.3 Å². The van der Waals surface area contributed by atoms with Crippen LogP contribution in [0.4, 0.5) is 17.2 Å². The lowest BCUT2D eigenvalue weighted by Gasteiger charge is -2.38. The summed E-state index contributed by atoms with van der Waals surface area (Å²) >= 11 is 0. The van der Waals surface area contributed by atoms with E-state index in [2.05, 4.69) is 59.0 Å². The third-order valence-corrected chi connectivity index (χ3v) is 11.5. The zero-order valence-electron chi connectivity index (χ0n) is 31.2. The molecule has 2 atom stereocenters. The second-order valence-electron chi connectivity index (χ2n) is 15.2. The molecule has 1 aromatic carbocycles. The maximum absolute atomic E-state index is 13.6. The number of amides is 3. The second-order valence-corrected chi connectivity index (χ2v) is 15.2. The number of hydrogen-bond acceptors (Lipinski definition) is 12. The van der Waals surface area contributed by atoms with E-state index in [-0.39, 0.29) is 35.1 Å². The average Bonchev–Trinajstić information content (AvgIpc) is 3.61. The van der Waals surface area contributed by atoms with Crippen LogP contribution in [-0.2, 0) is 15.0 Å². The monoisotopic (exact) mass is 742 g/mol. The zero-order valence-corrected chi connectivity index (χ0v) is 31.2. The largest absolute Gasteiger partial charge is 0.383 e. The molecule has 4 aromatic rings. The normalized spacial score (nSPS) is 22.4. The molecule has 3 aliphatic rings.